The Bertz CT molecular complexity index is 620. The number of aromatic carboxylic acids is 1. The van der Waals surface area contributed by atoms with Gasteiger partial charge in [0.05, 0.1) is 6.61 Å². The minimum Gasteiger partial charge on any atom is -0.478 e. The third kappa shape index (κ3) is 3.55. The van der Waals surface area contributed by atoms with Gasteiger partial charge in [0.2, 0.25) is 0 Å². The van der Waals surface area contributed by atoms with Gasteiger partial charge >= 0.3 is 5.97 Å². The molecule has 0 amide bonds. The molecule has 0 saturated heterocycles. The van der Waals surface area contributed by atoms with Crippen LogP contribution in [0.25, 0.3) is 0 Å². The number of carboxylic acids is 1. The van der Waals surface area contributed by atoms with Crippen molar-refractivity contribution < 1.29 is 19.4 Å². The highest BCUT2D eigenvalue weighted by molar-refractivity contribution is 5.88. The van der Waals surface area contributed by atoms with Crippen LogP contribution < -0.4 is 4.90 Å². The van der Waals surface area contributed by atoms with Crippen LogP contribution in [-0.4, -0.2) is 34.3 Å². The summed E-state index contributed by atoms with van der Waals surface area (Å²) >= 11 is 0. The topological polar surface area (TPSA) is 73.7 Å². The summed E-state index contributed by atoms with van der Waals surface area (Å²) in [5.74, 6) is -2.32. The van der Waals surface area contributed by atoms with Crippen molar-refractivity contribution in [3.63, 3.8) is 0 Å². The molecule has 0 saturated carbocycles. The summed E-state index contributed by atoms with van der Waals surface area (Å²) < 4.78 is 14.2. The normalized spacial score (nSPS) is 10.4. The Morgan fingerprint density at radius 3 is 2.57 bits per heavy atom. The third-order valence-electron chi connectivity index (χ3n) is 2.99. The van der Waals surface area contributed by atoms with Crippen molar-refractivity contribution in [1.29, 1.82) is 0 Å². The fourth-order valence-corrected chi connectivity index (χ4v) is 2.00. The molecular formula is C15H15FN2O3. The Labute approximate surface area is 121 Å². The second kappa shape index (κ2) is 6.81. The number of benzene rings is 1. The molecule has 110 valence electrons. The quantitative estimate of drug-likeness (QED) is 0.850. The molecule has 0 aliphatic rings. The molecule has 2 N–H and O–H groups in total. The van der Waals surface area contributed by atoms with Crippen molar-refractivity contribution in [2.45, 2.75) is 6.54 Å². The van der Waals surface area contributed by atoms with Crippen LogP contribution in [-0.2, 0) is 6.54 Å². The molecule has 0 aliphatic heterocycles. The van der Waals surface area contributed by atoms with Crippen LogP contribution in [0, 0.1) is 5.82 Å². The summed E-state index contributed by atoms with van der Waals surface area (Å²) in [7, 11) is 0. The number of aromatic nitrogens is 1. The zero-order valence-electron chi connectivity index (χ0n) is 11.2. The number of rotatable bonds is 6. The van der Waals surface area contributed by atoms with Crippen LogP contribution in [0.5, 0.6) is 0 Å². The Hall–Kier alpha value is -2.47. The predicted molar refractivity (Wildman–Crippen MR) is 75.7 cm³/mol. The van der Waals surface area contributed by atoms with Crippen LogP contribution in [0.2, 0.25) is 0 Å². The van der Waals surface area contributed by atoms with E-state index in [1.54, 1.807) is 0 Å². The van der Waals surface area contributed by atoms with E-state index in [0.29, 0.717) is 6.54 Å². The number of hydrogen-bond donors (Lipinski definition) is 2. The number of aliphatic hydroxyl groups excluding tert-OH is 1. The van der Waals surface area contributed by atoms with Gasteiger partial charge in [-0.05, 0) is 11.6 Å². The lowest BCUT2D eigenvalue weighted by Gasteiger charge is -2.23. The number of hydrogen-bond acceptors (Lipinski definition) is 4. The highest BCUT2D eigenvalue weighted by Crippen LogP contribution is 2.21. The second-order valence-corrected chi connectivity index (χ2v) is 4.43. The highest BCUT2D eigenvalue weighted by atomic mass is 19.1. The maximum absolute atomic E-state index is 14.2. The first-order valence-corrected chi connectivity index (χ1v) is 6.41. The fourth-order valence-electron chi connectivity index (χ4n) is 2.00. The van der Waals surface area contributed by atoms with Crippen LogP contribution in [0.15, 0.2) is 42.6 Å². The first-order valence-electron chi connectivity index (χ1n) is 6.41. The lowest BCUT2D eigenvalue weighted by Crippen LogP contribution is -2.28. The van der Waals surface area contributed by atoms with Crippen molar-refractivity contribution in [3.8, 4) is 0 Å². The largest absolute Gasteiger partial charge is 0.478 e. The minimum atomic E-state index is -1.35. The maximum Gasteiger partial charge on any atom is 0.338 e. The van der Waals surface area contributed by atoms with E-state index < -0.39 is 17.3 Å². The van der Waals surface area contributed by atoms with Gasteiger partial charge in [-0.1, -0.05) is 30.3 Å². The summed E-state index contributed by atoms with van der Waals surface area (Å²) in [6.07, 6.45) is 1.25. The molecule has 0 unspecified atom stereocenters. The maximum atomic E-state index is 14.2. The van der Waals surface area contributed by atoms with Gasteiger partial charge in [-0.2, -0.15) is 0 Å². The van der Waals surface area contributed by atoms with E-state index in [1.807, 2.05) is 30.3 Å². The average molecular weight is 290 g/mol. The number of halogens is 1. The van der Waals surface area contributed by atoms with Crippen LogP contribution in [0.3, 0.4) is 0 Å². The molecule has 0 aliphatic carbocycles. The highest BCUT2D eigenvalue weighted by Gasteiger charge is 2.19. The predicted octanol–water partition coefficient (Wildman–Crippen LogP) is 1.92. The van der Waals surface area contributed by atoms with Gasteiger partial charge in [0, 0.05) is 19.3 Å². The van der Waals surface area contributed by atoms with Gasteiger partial charge < -0.3 is 15.1 Å². The molecule has 0 radical (unpaired) electrons. The van der Waals surface area contributed by atoms with E-state index in [0.717, 1.165) is 11.6 Å². The zero-order valence-corrected chi connectivity index (χ0v) is 11.2. The third-order valence-corrected chi connectivity index (χ3v) is 2.99. The first-order chi connectivity index (χ1) is 10.1. The van der Waals surface area contributed by atoms with Gasteiger partial charge in [-0.3, -0.25) is 0 Å². The van der Waals surface area contributed by atoms with E-state index in [2.05, 4.69) is 4.98 Å². The molecule has 0 spiro atoms. The van der Waals surface area contributed by atoms with Crippen LogP contribution in [0.1, 0.15) is 15.9 Å². The Balaban J connectivity index is 2.34. The summed E-state index contributed by atoms with van der Waals surface area (Å²) in [6, 6.07) is 10.4. The Morgan fingerprint density at radius 2 is 1.95 bits per heavy atom. The van der Waals surface area contributed by atoms with E-state index in [1.165, 1.54) is 11.1 Å². The smallest absolute Gasteiger partial charge is 0.338 e. The first kappa shape index (κ1) is 14.9. The van der Waals surface area contributed by atoms with Crippen molar-refractivity contribution in [2.75, 3.05) is 18.1 Å². The van der Waals surface area contributed by atoms with E-state index in [-0.39, 0.29) is 19.0 Å². The fraction of sp³-hybridized carbons (Fsp3) is 0.200. The Kier molecular flexibility index (Phi) is 4.84. The van der Waals surface area contributed by atoms with Crippen molar-refractivity contribution in [3.05, 3.63) is 59.5 Å². The number of carbonyl (C=O) groups is 1. The molecule has 6 heteroatoms. The summed E-state index contributed by atoms with van der Waals surface area (Å²) in [5.41, 5.74) is 0.476. The van der Waals surface area contributed by atoms with E-state index in [4.69, 9.17) is 10.2 Å². The van der Waals surface area contributed by atoms with E-state index in [9.17, 15) is 9.18 Å². The number of pyridine rings is 1. The van der Waals surface area contributed by atoms with Crippen LogP contribution in [0.4, 0.5) is 10.2 Å². The van der Waals surface area contributed by atoms with Crippen LogP contribution >= 0.6 is 0 Å². The molecule has 5 nitrogen and oxygen atoms in total. The number of anilines is 1. The molecule has 1 aromatic carbocycles. The molecule has 0 bridgehead atoms. The molecule has 0 fully saturated rings. The SMILES string of the molecule is O=C(O)c1ccnc(N(CCO)Cc2ccccc2)c1F. The number of carboxylic acid groups (broad SMARTS) is 1. The monoisotopic (exact) mass is 290 g/mol. The zero-order chi connectivity index (χ0) is 15.2. The van der Waals surface area contributed by atoms with Gasteiger partial charge in [0.15, 0.2) is 11.6 Å². The lowest BCUT2D eigenvalue weighted by molar-refractivity contribution is 0.0691. The van der Waals surface area contributed by atoms with Crippen molar-refractivity contribution in [2.24, 2.45) is 0 Å². The minimum absolute atomic E-state index is 0.0761. The second-order valence-electron chi connectivity index (χ2n) is 4.43. The molecular weight excluding hydrogens is 275 g/mol. The van der Waals surface area contributed by atoms with Gasteiger partial charge in [-0.25, -0.2) is 14.2 Å². The van der Waals surface area contributed by atoms with Gasteiger partial charge in [0.25, 0.3) is 0 Å². The molecule has 21 heavy (non-hydrogen) atoms. The summed E-state index contributed by atoms with van der Waals surface area (Å²) in [4.78, 5) is 16.4. The summed E-state index contributed by atoms with van der Waals surface area (Å²) in [6.45, 7) is 0.293. The van der Waals surface area contributed by atoms with Gasteiger partial charge in [-0.15, -0.1) is 0 Å². The van der Waals surface area contributed by atoms with Crippen molar-refractivity contribution in [1.82, 2.24) is 4.98 Å². The molecule has 2 aromatic rings. The number of nitrogens with zero attached hydrogens (tertiary/aromatic N) is 2. The average Bonchev–Trinajstić information content (AvgIpc) is 2.48. The number of aliphatic hydroxyl groups is 1. The lowest BCUT2D eigenvalue weighted by atomic mass is 10.2. The standard InChI is InChI=1S/C15H15FN2O3/c16-13-12(15(20)21)6-7-17-14(13)18(8-9-19)10-11-4-2-1-3-5-11/h1-7,19H,8-10H2,(H,20,21). The Morgan fingerprint density at radius 1 is 1.24 bits per heavy atom. The molecule has 2 rings (SSSR count). The molecule has 1 aromatic heterocycles. The van der Waals surface area contributed by atoms with Gasteiger partial charge in [0.1, 0.15) is 5.56 Å². The summed E-state index contributed by atoms with van der Waals surface area (Å²) in [5, 5.41) is 18.1. The van der Waals surface area contributed by atoms with Crippen molar-refractivity contribution >= 4 is 11.8 Å². The molecule has 0 atom stereocenters. The molecule has 1 heterocycles. The van der Waals surface area contributed by atoms with E-state index >= 15 is 0 Å².